The molecule has 0 unspecified atom stereocenters. The summed E-state index contributed by atoms with van der Waals surface area (Å²) in [6.45, 7) is 1.93. The van der Waals surface area contributed by atoms with Gasteiger partial charge in [-0.15, -0.1) is 21.0 Å². The standard InChI is InChI=1S/C11H15FNOP.ClH/c12-11-3-1-10(2-4-11)9-13(14)5-7-15-8-6-13;/h1-4,15H,5-9H2;1H. The van der Waals surface area contributed by atoms with E-state index in [9.17, 15) is 9.60 Å². The lowest BCUT2D eigenvalue weighted by atomic mass is 10.2. The number of nitrogens with zero attached hydrogens (tertiary/aromatic N) is 1. The molecule has 16 heavy (non-hydrogen) atoms. The summed E-state index contributed by atoms with van der Waals surface area (Å²) in [6, 6.07) is 6.27. The van der Waals surface area contributed by atoms with Crippen LogP contribution in [0.25, 0.3) is 0 Å². The maximum Gasteiger partial charge on any atom is 0.123 e. The van der Waals surface area contributed by atoms with Gasteiger partial charge < -0.3 is 9.85 Å². The van der Waals surface area contributed by atoms with E-state index in [4.69, 9.17) is 0 Å². The second kappa shape index (κ2) is 5.92. The largest absolute Gasteiger partial charge is 0.633 e. The van der Waals surface area contributed by atoms with Crippen LogP contribution >= 0.6 is 21.0 Å². The van der Waals surface area contributed by atoms with Gasteiger partial charge in [0, 0.05) is 17.9 Å². The Morgan fingerprint density at radius 3 is 2.31 bits per heavy atom. The van der Waals surface area contributed by atoms with E-state index in [2.05, 4.69) is 0 Å². The van der Waals surface area contributed by atoms with E-state index in [-0.39, 0.29) is 22.9 Å². The van der Waals surface area contributed by atoms with Gasteiger partial charge in [0.25, 0.3) is 0 Å². The number of hydroxylamine groups is 3. The van der Waals surface area contributed by atoms with Gasteiger partial charge in [0.2, 0.25) is 0 Å². The minimum atomic E-state index is -0.240. The fraction of sp³-hybridized carbons (Fsp3) is 0.455. The average Bonchev–Trinajstić information content (AvgIpc) is 2.22. The van der Waals surface area contributed by atoms with Crippen LogP contribution in [0.15, 0.2) is 24.3 Å². The van der Waals surface area contributed by atoms with Crippen molar-refractivity contribution in [2.75, 3.05) is 25.4 Å². The highest BCUT2D eigenvalue weighted by Crippen LogP contribution is 2.24. The van der Waals surface area contributed by atoms with Crippen molar-refractivity contribution in [1.29, 1.82) is 0 Å². The van der Waals surface area contributed by atoms with Crippen LogP contribution in [0.2, 0.25) is 0 Å². The van der Waals surface area contributed by atoms with E-state index in [1.807, 2.05) is 0 Å². The second-order valence-electron chi connectivity index (χ2n) is 4.04. The quantitative estimate of drug-likeness (QED) is 0.457. The molecule has 0 N–H and O–H groups in total. The number of benzene rings is 1. The molecule has 1 aliphatic heterocycles. The molecular formula is C11H16ClFNOP. The summed E-state index contributed by atoms with van der Waals surface area (Å²) in [5.74, 6) is -0.240. The number of halogens is 2. The van der Waals surface area contributed by atoms with Gasteiger partial charge in [-0.2, -0.15) is 0 Å². The Hall–Kier alpha value is -0.210. The van der Waals surface area contributed by atoms with Crippen molar-refractivity contribution >= 4 is 21.0 Å². The fourth-order valence-corrected chi connectivity index (χ4v) is 3.26. The van der Waals surface area contributed by atoms with Crippen molar-refractivity contribution in [2.45, 2.75) is 6.54 Å². The van der Waals surface area contributed by atoms with E-state index in [1.54, 1.807) is 12.1 Å². The Bertz CT molecular complexity index is 327. The van der Waals surface area contributed by atoms with E-state index < -0.39 is 0 Å². The maximum absolute atomic E-state index is 12.7. The summed E-state index contributed by atoms with van der Waals surface area (Å²) in [5.41, 5.74) is 0.941. The lowest BCUT2D eigenvalue weighted by molar-refractivity contribution is -0.890. The molecule has 1 aromatic rings. The van der Waals surface area contributed by atoms with Crippen LogP contribution in [0.5, 0.6) is 0 Å². The molecule has 2 rings (SSSR count). The third kappa shape index (κ3) is 3.67. The molecule has 1 aromatic carbocycles. The Balaban J connectivity index is 0.00000128. The van der Waals surface area contributed by atoms with Gasteiger partial charge in [-0.25, -0.2) is 4.39 Å². The Morgan fingerprint density at radius 1 is 1.19 bits per heavy atom. The van der Waals surface area contributed by atoms with Gasteiger partial charge in [-0.05, 0) is 12.1 Å². The lowest BCUT2D eigenvalue weighted by Gasteiger charge is -2.45. The number of rotatable bonds is 2. The van der Waals surface area contributed by atoms with Gasteiger partial charge in [0.15, 0.2) is 0 Å². The summed E-state index contributed by atoms with van der Waals surface area (Å²) in [7, 11) is 0.952. The van der Waals surface area contributed by atoms with E-state index in [0.717, 1.165) is 39.6 Å². The Labute approximate surface area is 103 Å². The first kappa shape index (κ1) is 13.9. The molecule has 0 radical (unpaired) electrons. The zero-order chi connectivity index (χ0) is 10.7. The summed E-state index contributed by atoms with van der Waals surface area (Å²) in [6.07, 6.45) is 2.09. The number of hydrogen-bond acceptors (Lipinski definition) is 1. The van der Waals surface area contributed by atoms with Crippen LogP contribution < -0.4 is 0 Å². The van der Waals surface area contributed by atoms with Crippen molar-refractivity contribution < 1.29 is 9.04 Å². The second-order valence-corrected chi connectivity index (χ2v) is 5.54. The third-order valence-corrected chi connectivity index (χ3v) is 3.93. The maximum atomic E-state index is 12.7. The molecular weight excluding hydrogens is 248 g/mol. The molecule has 0 spiro atoms. The van der Waals surface area contributed by atoms with Crippen LogP contribution in [-0.2, 0) is 6.54 Å². The smallest absolute Gasteiger partial charge is 0.123 e. The van der Waals surface area contributed by atoms with E-state index in [1.165, 1.54) is 12.1 Å². The lowest BCUT2D eigenvalue weighted by Crippen LogP contribution is -2.46. The molecule has 1 fully saturated rings. The first-order valence-corrected chi connectivity index (χ1v) is 6.62. The normalized spacial score (nSPS) is 26.4. The van der Waals surface area contributed by atoms with Gasteiger partial charge >= 0.3 is 0 Å². The van der Waals surface area contributed by atoms with Crippen molar-refractivity contribution in [3.8, 4) is 0 Å². The topological polar surface area (TPSA) is 23.1 Å². The third-order valence-electron chi connectivity index (χ3n) is 2.78. The molecule has 1 aliphatic rings. The predicted molar refractivity (Wildman–Crippen MR) is 68.8 cm³/mol. The van der Waals surface area contributed by atoms with Crippen LogP contribution in [-0.4, -0.2) is 30.1 Å². The van der Waals surface area contributed by atoms with Gasteiger partial charge in [-0.1, -0.05) is 12.1 Å². The highest BCUT2D eigenvalue weighted by molar-refractivity contribution is 7.38. The molecule has 0 saturated carbocycles. The summed E-state index contributed by atoms with van der Waals surface area (Å²) in [4.78, 5) is 0. The minimum absolute atomic E-state index is 0. The molecule has 2 nitrogen and oxygen atoms in total. The predicted octanol–water partition coefficient (Wildman–Crippen LogP) is 2.75. The van der Waals surface area contributed by atoms with E-state index in [0.29, 0.717) is 6.54 Å². The van der Waals surface area contributed by atoms with Gasteiger partial charge in [0.1, 0.15) is 12.4 Å². The van der Waals surface area contributed by atoms with Gasteiger partial charge in [0.05, 0.1) is 13.1 Å². The molecule has 5 heteroatoms. The monoisotopic (exact) mass is 263 g/mol. The number of quaternary nitrogens is 1. The summed E-state index contributed by atoms with van der Waals surface area (Å²) >= 11 is 0. The van der Waals surface area contributed by atoms with Crippen molar-refractivity contribution in [3.05, 3.63) is 40.9 Å². The SMILES string of the molecule is Cl.[O-][N+]1(Cc2ccc(F)cc2)CCPCC1. The van der Waals surface area contributed by atoms with Gasteiger partial charge in [-0.3, -0.25) is 0 Å². The first-order chi connectivity index (χ1) is 7.18. The molecule has 0 atom stereocenters. The highest BCUT2D eigenvalue weighted by atomic mass is 35.5. The van der Waals surface area contributed by atoms with Crippen molar-refractivity contribution in [1.82, 2.24) is 0 Å². The van der Waals surface area contributed by atoms with Crippen LogP contribution in [0.3, 0.4) is 0 Å². The number of hydrogen-bond donors (Lipinski definition) is 0. The van der Waals surface area contributed by atoms with Crippen LogP contribution in [0, 0.1) is 11.0 Å². The molecule has 90 valence electrons. The average molecular weight is 264 g/mol. The molecule has 0 aromatic heterocycles. The van der Waals surface area contributed by atoms with Crippen molar-refractivity contribution in [3.63, 3.8) is 0 Å². The van der Waals surface area contributed by atoms with Crippen LogP contribution in [0.4, 0.5) is 4.39 Å². The molecule has 1 saturated heterocycles. The highest BCUT2D eigenvalue weighted by Gasteiger charge is 2.20. The van der Waals surface area contributed by atoms with E-state index >= 15 is 0 Å². The molecule has 0 aliphatic carbocycles. The van der Waals surface area contributed by atoms with Crippen LogP contribution in [0.1, 0.15) is 5.56 Å². The molecule has 0 amide bonds. The first-order valence-electron chi connectivity index (χ1n) is 5.20. The summed E-state index contributed by atoms with van der Waals surface area (Å²) in [5, 5.41) is 12.2. The Kier molecular flexibility index (Phi) is 5.13. The van der Waals surface area contributed by atoms with Crippen molar-refractivity contribution in [2.24, 2.45) is 0 Å². The molecule has 0 bridgehead atoms. The summed E-state index contributed by atoms with van der Waals surface area (Å²) < 4.78 is 12.6. The molecule has 1 heterocycles. The Morgan fingerprint density at radius 2 is 1.75 bits per heavy atom. The zero-order valence-electron chi connectivity index (χ0n) is 8.99. The minimum Gasteiger partial charge on any atom is -0.633 e. The zero-order valence-corrected chi connectivity index (χ0v) is 10.8. The fourth-order valence-electron chi connectivity index (χ4n) is 1.88.